The molecular weight excluding hydrogens is 258 g/mol. The Morgan fingerprint density at radius 2 is 1.71 bits per heavy atom. The molecule has 1 fully saturated rings. The molecule has 21 heavy (non-hydrogen) atoms. The first-order chi connectivity index (χ1) is 9.78. The number of hydrogen-bond donors (Lipinski definition) is 2. The lowest BCUT2D eigenvalue weighted by Crippen LogP contribution is -2.43. The van der Waals surface area contributed by atoms with Crippen molar-refractivity contribution in [1.82, 2.24) is 5.32 Å². The Balaban J connectivity index is 1.81. The van der Waals surface area contributed by atoms with Crippen LogP contribution >= 0.6 is 0 Å². The standard InChI is InChI=1S/C19H31NO/c1-15-9-11-19(21,12-10-15)14-20-13-16-5-7-17(8-6-16)18(2,3)4/h5-8,15,20-21H,9-14H2,1-4H3. The second-order valence-electron chi connectivity index (χ2n) is 7.96. The van der Waals surface area contributed by atoms with Crippen molar-refractivity contribution in [2.45, 2.75) is 70.9 Å². The molecule has 0 amide bonds. The highest BCUT2D eigenvalue weighted by Gasteiger charge is 2.31. The molecule has 0 saturated heterocycles. The van der Waals surface area contributed by atoms with Crippen molar-refractivity contribution in [3.63, 3.8) is 0 Å². The van der Waals surface area contributed by atoms with Crippen molar-refractivity contribution in [2.24, 2.45) is 5.92 Å². The summed E-state index contributed by atoms with van der Waals surface area (Å²) in [6.45, 7) is 10.5. The lowest BCUT2D eigenvalue weighted by molar-refractivity contribution is -0.00630. The van der Waals surface area contributed by atoms with Gasteiger partial charge in [-0.15, -0.1) is 0 Å². The van der Waals surface area contributed by atoms with E-state index in [1.807, 2.05) is 0 Å². The Morgan fingerprint density at radius 1 is 1.14 bits per heavy atom. The molecule has 1 aromatic rings. The molecule has 0 radical (unpaired) electrons. The van der Waals surface area contributed by atoms with Crippen LogP contribution in [0.5, 0.6) is 0 Å². The maximum atomic E-state index is 10.6. The Kier molecular flexibility index (Phi) is 5.11. The predicted octanol–water partition coefficient (Wildman–Crippen LogP) is 4.01. The summed E-state index contributed by atoms with van der Waals surface area (Å²) in [5.74, 6) is 0.773. The molecule has 2 nitrogen and oxygen atoms in total. The predicted molar refractivity (Wildman–Crippen MR) is 89.4 cm³/mol. The highest BCUT2D eigenvalue weighted by atomic mass is 16.3. The summed E-state index contributed by atoms with van der Waals surface area (Å²) >= 11 is 0. The number of nitrogens with one attached hydrogen (secondary N) is 1. The molecule has 1 aromatic carbocycles. The molecule has 0 aliphatic heterocycles. The average Bonchev–Trinajstić information content (AvgIpc) is 2.42. The minimum absolute atomic E-state index is 0.208. The van der Waals surface area contributed by atoms with Crippen molar-refractivity contribution in [1.29, 1.82) is 0 Å². The van der Waals surface area contributed by atoms with Crippen LogP contribution in [0.25, 0.3) is 0 Å². The fraction of sp³-hybridized carbons (Fsp3) is 0.684. The van der Waals surface area contributed by atoms with Crippen LogP contribution in [0.3, 0.4) is 0 Å². The van der Waals surface area contributed by atoms with Crippen LogP contribution in [-0.4, -0.2) is 17.3 Å². The number of benzene rings is 1. The molecule has 1 saturated carbocycles. The van der Waals surface area contributed by atoms with Crippen LogP contribution in [0, 0.1) is 5.92 Å². The minimum atomic E-state index is -0.488. The minimum Gasteiger partial charge on any atom is -0.389 e. The first kappa shape index (κ1) is 16.5. The third kappa shape index (κ3) is 4.82. The van der Waals surface area contributed by atoms with Gasteiger partial charge in [0.2, 0.25) is 0 Å². The van der Waals surface area contributed by atoms with Crippen molar-refractivity contribution in [3.8, 4) is 0 Å². The van der Waals surface area contributed by atoms with E-state index in [1.54, 1.807) is 0 Å². The Morgan fingerprint density at radius 3 is 2.24 bits per heavy atom. The molecule has 0 atom stereocenters. The van der Waals surface area contributed by atoms with Gasteiger partial charge in [0, 0.05) is 13.1 Å². The summed E-state index contributed by atoms with van der Waals surface area (Å²) in [5.41, 5.74) is 2.37. The van der Waals surface area contributed by atoms with Gasteiger partial charge in [-0.05, 0) is 48.1 Å². The van der Waals surface area contributed by atoms with E-state index in [4.69, 9.17) is 0 Å². The van der Waals surface area contributed by atoms with E-state index in [1.165, 1.54) is 11.1 Å². The van der Waals surface area contributed by atoms with Gasteiger partial charge in [-0.3, -0.25) is 0 Å². The van der Waals surface area contributed by atoms with E-state index < -0.39 is 5.60 Å². The lowest BCUT2D eigenvalue weighted by atomic mass is 9.79. The summed E-state index contributed by atoms with van der Waals surface area (Å²) in [4.78, 5) is 0. The largest absolute Gasteiger partial charge is 0.389 e. The van der Waals surface area contributed by atoms with Crippen molar-refractivity contribution in [3.05, 3.63) is 35.4 Å². The maximum absolute atomic E-state index is 10.6. The van der Waals surface area contributed by atoms with E-state index in [2.05, 4.69) is 57.3 Å². The zero-order chi connectivity index (χ0) is 15.5. The summed E-state index contributed by atoms with van der Waals surface area (Å²) in [6, 6.07) is 8.82. The first-order valence-corrected chi connectivity index (χ1v) is 8.31. The molecule has 0 bridgehead atoms. The second kappa shape index (κ2) is 6.50. The monoisotopic (exact) mass is 289 g/mol. The lowest BCUT2D eigenvalue weighted by Gasteiger charge is -2.35. The van der Waals surface area contributed by atoms with Crippen molar-refractivity contribution >= 4 is 0 Å². The summed E-state index contributed by atoms with van der Waals surface area (Å²) in [5, 5.41) is 14.0. The van der Waals surface area contributed by atoms with Crippen LogP contribution in [0.1, 0.15) is 64.5 Å². The van der Waals surface area contributed by atoms with Crippen LogP contribution < -0.4 is 5.32 Å². The summed E-state index contributed by atoms with van der Waals surface area (Å²) < 4.78 is 0. The third-order valence-corrected chi connectivity index (χ3v) is 4.81. The molecule has 0 spiro atoms. The molecule has 2 rings (SSSR count). The first-order valence-electron chi connectivity index (χ1n) is 8.31. The van der Waals surface area contributed by atoms with Gasteiger partial charge in [-0.25, -0.2) is 0 Å². The average molecular weight is 289 g/mol. The van der Waals surface area contributed by atoms with Gasteiger partial charge in [-0.2, -0.15) is 0 Å². The van der Waals surface area contributed by atoms with Gasteiger partial charge < -0.3 is 10.4 Å². The van der Waals surface area contributed by atoms with Crippen molar-refractivity contribution < 1.29 is 5.11 Å². The Labute approximate surface area is 130 Å². The molecular formula is C19H31NO. The number of rotatable bonds is 4. The van der Waals surface area contributed by atoms with E-state index in [9.17, 15) is 5.11 Å². The normalized spacial score (nSPS) is 26.8. The zero-order valence-corrected chi connectivity index (χ0v) is 14.1. The fourth-order valence-electron chi connectivity index (χ4n) is 3.04. The van der Waals surface area contributed by atoms with Gasteiger partial charge >= 0.3 is 0 Å². The van der Waals surface area contributed by atoms with Crippen LogP contribution in [-0.2, 0) is 12.0 Å². The smallest absolute Gasteiger partial charge is 0.0771 e. The molecule has 0 aromatic heterocycles. The summed E-state index contributed by atoms with van der Waals surface area (Å²) in [6.07, 6.45) is 4.17. The highest BCUT2D eigenvalue weighted by molar-refractivity contribution is 5.27. The molecule has 0 heterocycles. The van der Waals surface area contributed by atoms with Gasteiger partial charge in [0.1, 0.15) is 0 Å². The van der Waals surface area contributed by atoms with Gasteiger partial charge in [0.05, 0.1) is 5.60 Å². The van der Waals surface area contributed by atoms with Crippen molar-refractivity contribution in [2.75, 3.05) is 6.54 Å². The Hall–Kier alpha value is -0.860. The highest BCUT2D eigenvalue weighted by Crippen LogP contribution is 2.31. The molecule has 0 unspecified atom stereocenters. The van der Waals surface area contributed by atoms with Gasteiger partial charge in [0.15, 0.2) is 0 Å². The molecule has 2 N–H and O–H groups in total. The number of aliphatic hydroxyl groups is 1. The maximum Gasteiger partial charge on any atom is 0.0771 e. The number of hydrogen-bond acceptors (Lipinski definition) is 2. The van der Waals surface area contributed by atoms with Crippen LogP contribution in [0.15, 0.2) is 24.3 Å². The van der Waals surface area contributed by atoms with E-state index in [0.717, 1.165) is 38.1 Å². The Bertz CT molecular complexity index is 436. The molecule has 2 heteroatoms. The summed E-state index contributed by atoms with van der Waals surface area (Å²) in [7, 11) is 0. The van der Waals surface area contributed by atoms with E-state index in [0.29, 0.717) is 6.54 Å². The van der Waals surface area contributed by atoms with Gasteiger partial charge in [-0.1, -0.05) is 52.0 Å². The van der Waals surface area contributed by atoms with Crippen LogP contribution in [0.4, 0.5) is 0 Å². The van der Waals surface area contributed by atoms with E-state index in [-0.39, 0.29) is 5.41 Å². The SMILES string of the molecule is CC1CCC(O)(CNCc2ccc(C(C)(C)C)cc2)CC1. The molecule has 118 valence electrons. The van der Waals surface area contributed by atoms with Gasteiger partial charge in [0.25, 0.3) is 0 Å². The van der Waals surface area contributed by atoms with Crippen LogP contribution in [0.2, 0.25) is 0 Å². The molecule has 1 aliphatic carbocycles. The third-order valence-electron chi connectivity index (χ3n) is 4.81. The molecule has 1 aliphatic rings. The zero-order valence-electron chi connectivity index (χ0n) is 14.1. The topological polar surface area (TPSA) is 32.3 Å². The fourth-order valence-corrected chi connectivity index (χ4v) is 3.04. The van der Waals surface area contributed by atoms with E-state index >= 15 is 0 Å². The second-order valence-corrected chi connectivity index (χ2v) is 7.96. The quantitative estimate of drug-likeness (QED) is 0.877.